The Hall–Kier alpha value is -2.96. The lowest BCUT2D eigenvalue weighted by Gasteiger charge is -2.31. The third kappa shape index (κ3) is 4.42. The fourth-order valence-corrected chi connectivity index (χ4v) is 3.08. The summed E-state index contributed by atoms with van der Waals surface area (Å²) < 4.78 is 31.3. The molecule has 1 fully saturated rings. The average Bonchev–Trinajstić information content (AvgIpc) is 2.70. The number of nitrogens with zero attached hydrogens (tertiary/aromatic N) is 1. The first-order valence-corrected chi connectivity index (χ1v) is 8.67. The fraction of sp³-hybridized carbons (Fsp3) is 0.300. The summed E-state index contributed by atoms with van der Waals surface area (Å²) in [4.78, 5) is 26.6. The molecule has 0 radical (unpaired) electrons. The van der Waals surface area contributed by atoms with E-state index in [9.17, 15) is 18.4 Å². The first-order valence-electron chi connectivity index (χ1n) is 8.67. The van der Waals surface area contributed by atoms with Gasteiger partial charge in [0.05, 0.1) is 7.11 Å². The molecule has 0 bridgehead atoms. The van der Waals surface area contributed by atoms with Crippen LogP contribution in [0.4, 0.5) is 14.5 Å². The van der Waals surface area contributed by atoms with Crippen molar-refractivity contribution in [2.24, 2.45) is 5.92 Å². The van der Waals surface area contributed by atoms with Crippen molar-refractivity contribution in [3.63, 3.8) is 0 Å². The minimum absolute atomic E-state index is 0.0860. The lowest BCUT2D eigenvalue weighted by molar-refractivity contribution is -0.121. The van der Waals surface area contributed by atoms with Crippen LogP contribution in [-0.2, 0) is 4.79 Å². The van der Waals surface area contributed by atoms with Crippen LogP contribution in [0.5, 0.6) is 5.75 Å². The number of hydrogen-bond acceptors (Lipinski definition) is 3. The molecule has 1 N–H and O–H groups in total. The summed E-state index contributed by atoms with van der Waals surface area (Å²) in [7, 11) is 1.56. The van der Waals surface area contributed by atoms with E-state index in [1.807, 2.05) is 0 Å². The van der Waals surface area contributed by atoms with E-state index in [-0.39, 0.29) is 23.4 Å². The molecule has 0 aromatic heterocycles. The molecule has 27 heavy (non-hydrogen) atoms. The monoisotopic (exact) mass is 374 g/mol. The maximum Gasteiger partial charge on any atom is 0.253 e. The molecule has 0 saturated carbocycles. The van der Waals surface area contributed by atoms with Crippen molar-refractivity contribution < 1.29 is 23.1 Å². The molecular weight excluding hydrogens is 354 g/mol. The van der Waals surface area contributed by atoms with E-state index in [1.54, 1.807) is 36.3 Å². The zero-order valence-electron chi connectivity index (χ0n) is 14.9. The number of halogens is 2. The number of rotatable bonds is 4. The van der Waals surface area contributed by atoms with Crippen LogP contribution in [-0.4, -0.2) is 36.9 Å². The van der Waals surface area contributed by atoms with Gasteiger partial charge in [-0.3, -0.25) is 9.59 Å². The summed E-state index contributed by atoms with van der Waals surface area (Å²) in [6, 6.07) is 10.1. The minimum Gasteiger partial charge on any atom is -0.497 e. The molecule has 5 nitrogen and oxygen atoms in total. The van der Waals surface area contributed by atoms with E-state index in [1.165, 1.54) is 6.07 Å². The Balaban J connectivity index is 1.55. The highest BCUT2D eigenvalue weighted by Crippen LogP contribution is 2.22. The number of likely N-dealkylation sites (tertiary alicyclic amines) is 1. The predicted octanol–water partition coefficient (Wildman–Crippen LogP) is 3.46. The van der Waals surface area contributed by atoms with Crippen LogP contribution in [0, 0.1) is 17.6 Å². The molecule has 7 heteroatoms. The summed E-state index contributed by atoms with van der Waals surface area (Å²) in [6.45, 7) is 0.918. The van der Waals surface area contributed by atoms with Crippen LogP contribution in [0.25, 0.3) is 0 Å². The van der Waals surface area contributed by atoms with Crippen LogP contribution < -0.4 is 10.1 Å². The molecule has 0 unspecified atom stereocenters. The SMILES string of the molecule is COc1ccc(C(=O)N2CCC(C(=O)Nc3ccc(F)c(F)c3)CC2)cc1. The Labute approximate surface area is 155 Å². The number of anilines is 1. The number of ether oxygens (including phenoxy) is 1. The molecule has 2 aromatic rings. The highest BCUT2D eigenvalue weighted by Gasteiger charge is 2.28. The Kier molecular flexibility index (Phi) is 5.69. The largest absolute Gasteiger partial charge is 0.497 e. The molecule has 1 aliphatic rings. The average molecular weight is 374 g/mol. The lowest BCUT2D eigenvalue weighted by Crippen LogP contribution is -2.41. The third-order valence-electron chi connectivity index (χ3n) is 4.68. The molecule has 1 heterocycles. The van der Waals surface area contributed by atoms with Crippen molar-refractivity contribution in [3.05, 3.63) is 59.7 Å². The van der Waals surface area contributed by atoms with E-state index in [2.05, 4.69) is 5.32 Å². The van der Waals surface area contributed by atoms with Crippen molar-refractivity contribution in [1.29, 1.82) is 0 Å². The minimum atomic E-state index is -1.01. The first-order chi connectivity index (χ1) is 13.0. The van der Waals surface area contributed by atoms with Gasteiger partial charge in [-0.15, -0.1) is 0 Å². The van der Waals surface area contributed by atoms with Gasteiger partial charge in [0.2, 0.25) is 5.91 Å². The zero-order chi connectivity index (χ0) is 19.4. The molecule has 0 atom stereocenters. The van der Waals surface area contributed by atoms with Crippen LogP contribution in [0.1, 0.15) is 23.2 Å². The van der Waals surface area contributed by atoms with Crippen LogP contribution in [0.15, 0.2) is 42.5 Å². The maximum absolute atomic E-state index is 13.2. The smallest absolute Gasteiger partial charge is 0.253 e. The van der Waals surface area contributed by atoms with Crippen molar-refractivity contribution in [2.45, 2.75) is 12.8 Å². The second-order valence-corrected chi connectivity index (χ2v) is 6.41. The van der Waals surface area contributed by atoms with E-state index in [4.69, 9.17) is 4.74 Å². The van der Waals surface area contributed by atoms with Crippen molar-refractivity contribution in [2.75, 3.05) is 25.5 Å². The molecule has 0 spiro atoms. The number of carbonyl (C=O) groups is 2. The van der Waals surface area contributed by atoms with E-state index >= 15 is 0 Å². The van der Waals surface area contributed by atoms with Gasteiger partial charge in [-0.2, -0.15) is 0 Å². The van der Waals surface area contributed by atoms with Gasteiger partial charge in [0, 0.05) is 36.3 Å². The Morgan fingerprint density at radius 3 is 2.30 bits per heavy atom. The van der Waals surface area contributed by atoms with Gasteiger partial charge in [-0.1, -0.05) is 0 Å². The Morgan fingerprint density at radius 1 is 1.04 bits per heavy atom. The topological polar surface area (TPSA) is 58.6 Å². The lowest BCUT2D eigenvalue weighted by atomic mass is 9.95. The Bertz CT molecular complexity index is 832. The normalized spacial score (nSPS) is 14.7. The number of nitrogens with one attached hydrogen (secondary N) is 1. The van der Waals surface area contributed by atoms with Gasteiger partial charge in [0.1, 0.15) is 5.75 Å². The van der Waals surface area contributed by atoms with Gasteiger partial charge in [-0.05, 0) is 49.2 Å². The molecule has 1 aliphatic heterocycles. The van der Waals surface area contributed by atoms with Crippen LogP contribution in [0.3, 0.4) is 0 Å². The Morgan fingerprint density at radius 2 is 1.70 bits per heavy atom. The number of piperidine rings is 1. The molecule has 0 aliphatic carbocycles. The number of hydrogen-bond donors (Lipinski definition) is 1. The first kappa shape index (κ1) is 18.8. The van der Waals surface area contributed by atoms with Crippen molar-refractivity contribution in [1.82, 2.24) is 4.90 Å². The summed E-state index contributed by atoms with van der Waals surface area (Å²) in [5.74, 6) is -1.90. The standard InChI is InChI=1S/C20H20F2N2O3/c1-27-16-5-2-14(3-6-16)20(26)24-10-8-13(9-11-24)19(25)23-15-4-7-17(21)18(22)12-15/h2-7,12-13H,8-11H2,1H3,(H,23,25). The van der Waals surface area contributed by atoms with Gasteiger partial charge in [0.15, 0.2) is 11.6 Å². The molecule has 1 saturated heterocycles. The number of amides is 2. The summed E-state index contributed by atoms with van der Waals surface area (Å²) in [6.07, 6.45) is 1.02. The van der Waals surface area contributed by atoms with Crippen molar-refractivity contribution >= 4 is 17.5 Å². The van der Waals surface area contributed by atoms with Crippen LogP contribution in [0.2, 0.25) is 0 Å². The number of methoxy groups -OCH3 is 1. The highest BCUT2D eigenvalue weighted by molar-refractivity contribution is 5.95. The molecular formula is C20H20F2N2O3. The summed E-state index contributed by atoms with van der Waals surface area (Å²) >= 11 is 0. The van der Waals surface area contributed by atoms with Gasteiger partial charge >= 0.3 is 0 Å². The molecule has 2 aromatic carbocycles. The third-order valence-corrected chi connectivity index (χ3v) is 4.68. The number of benzene rings is 2. The van der Waals surface area contributed by atoms with E-state index in [0.717, 1.165) is 12.1 Å². The van der Waals surface area contributed by atoms with Crippen molar-refractivity contribution in [3.8, 4) is 5.75 Å². The van der Waals surface area contributed by atoms with Crippen LogP contribution >= 0.6 is 0 Å². The van der Waals surface area contributed by atoms with E-state index in [0.29, 0.717) is 37.2 Å². The van der Waals surface area contributed by atoms with Gasteiger partial charge in [0.25, 0.3) is 5.91 Å². The molecule has 2 amide bonds. The predicted molar refractivity (Wildman–Crippen MR) is 96.6 cm³/mol. The van der Waals surface area contributed by atoms with E-state index < -0.39 is 11.6 Å². The number of carbonyl (C=O) groups excluding carboxylic acids is 2. The quantitative estimate of drug-likeness (QED) is 0.892. The van der Waals surface area contributed by atoms with Gasteiger partial charge in [-0.25, -0.2) is 8.78 Å². The highest BCUT2D eigenvalue weighted by atomic mass is 19.2. The molecule has 142 valence electrons. The fourth-order valence-electron chi connectivity index (χ4n) is 3.08. The zero-order valence-corrected chi connectivity index (χ0v) is 14.9. The summed E-state index contributed by atoms with van der Waals surface area (Å²) in [5.41, 5.74) is 0.788. The second-order valence-electron chi connectivity index (χ2n) is 6.41. The molecule has 3 rings (SSSR count). The second kappa shape index (κ2) is 8.16. The summed E-state index contributed by atoms with van der Waals surface area (Å²) in [5, 5.41) is 2.61. The maximum atomic E-state index is 13.2. The van der Waals surface area contributed by atoms with Gasteiger partial charge < -0.3 is 15.0 Å².